The third kappa shape index (κ3) is 3.15. The molecule has 0 aliphatic carbocycles. The molecular weight excluding hydrogens is 356 g/mol. The van der Waals surface area contributed by atoms with Crippen molar-refractivity contribution in [3.8, 4) is 22.1 Å². The van der Waals surface area contributed by atoms with Crippen LogP contribution < -0.4 is 5.84 Å². The zero-order chi connectivity index (χ0) is 17.2. The van der Waals surface area contributed by atoms with Gasteiger partial charge >= 0.3 is 0 Å². The summed E-state index contributed by atoms with van der Waals surface area (Å²) in [6, 6.07) is 7.62. The number of furan rings is 1. The van der Waals surface area contributed by atoms with Crippen molar-refractivity contribution in [2.75, 3.05) is 5.84 Å². The Balaban J connectivity index is 1.49. The fourth-order valence-electron chi connectivity index (χ4n) is 2.29. The van der Waals surface area contributed by atoms with E-state index in [1.807, 2.05) is 36.6 Å². The maximum atomic E-state index is 6.13. The molecule has 0 radical (unpaired) electrons. The Morgan fingerprint density at radius 1 is 1.28 bits per heavy atom. The highest BCUT2D eigenvalue weighted by Crippen LogP contribution is 2.28. The lowest BCUT2D eigenvalue weighted by atomic mass is 10.2. The molecule has 9 heteroatoms. The van der Waals surface area contributed by atoms with Crippen LogP contribution in [0.15, 0.2) is 51.7 Å². The van der Waals surface area contributed by atoms with Crippen LogP contribution in [-0.4, -0.2) is 24.8 Å². The average molecular weight is 370 g/mol. The molecule has 7 nitrogen and oxygen atoms in total. The van der Waals surface area contributed by atoms with Gasteiger partial charge in [-0.1, -0.05) is 17.8 Å². The van der Waals surface area contributed by atoms with Crippen molar-refractivity contribution < 1.29 is 4.42 Å². The predicted octanol–water partition coefficient (Wildman–Crippen LogP) is 3.37. The number of thiazole rings is 1. The van der Waals surface area contributed by atoms with E-state index in [4.69, 9.17) is 10.3 Å². The molecule has 0 bridgehead atoms. The molecule has 0 aliphatic heterocycles. The zero-order valence-electron chi connectivity index (χ0n) is 13.3. The van der Waals surface area contributed by atoms with Crippen LogP contribution in [0.4, 0.5) is 0 Å². The summed E-state index contributed by atoms with van der Waals surface area (Å²) < 4.78 is 6.78. The van der Waals surface area contributed by atoms with Gasteiger partial charge in [-0.05, 0) is 25.1 Å². The van der Waals surface area contributed by atoms with E-state index in [2.05, 4.69) is 20.2 Å². The minimum Gasteiger partial charge on any atom is -0.469 e. The summed E-state index contributed by atoms with van der Waals surface area (Å²) in [5, 5.41) is 11.9. The normalized spacial score (nSPS) is 11.1. The van der Waals surface area contributed by atoms with E-state index in [0.717, 1.165) is 27.7 Å². The average Bonchev–Trinajstić information content (AvgIpc) is 3.35. The van der Waals surface area contributed by atoms with Crippen LogP contribution in [0.2, 0.25) is 0 Å². The number of pyridine rings is 1. The summed E-state index contributed by atoms with van der Waals surface area (Å²) in [7, 11) is 0. The van der Waals surface area contributed by atoms with Gasteiger partial charge in [0, 0.05) is 17.3 Å². The molecule has 0 aromatic carbocycles. The molecular formula is C16H14N6OS2. The molecule has 0 fully saturated rings. The fourth-order valence-corrected chi connectivity index (χ4v) is 3.94. The molecule has 0 atom stereocenters. The number of nitrogens with two attached hydrogens (primary N) is 1. The van der Waals surface area contributed by atoms with Gasteiger partial charge in [0.05, 0.1) is 23.2 Å². The highest BCUT2D eigenvalue weighted by atomic mass is 32.2. The zero-order valence-corrected chi connectivity index (χ0v) is 14.9. The first-order valence-corrected chi connectivity index (χ1v) is 9.32. The Hall–Kier alpha value is -2.65. The molecule has 4 aromatic heterocycles. The van der Waals surface area contributed by atoms with Crippen molar-refractivity contribution in [3.05, 3.63) is 53.6 Å². The van der Waals surface area contributed by atoms with Crippen molar-refractivity contribution in [3.63, 3.8) is 0 Å². The number of aryl methyl sites for hydroxylation is 1. The monoisotopic (exact) mass is 370 g/mol. The molecule has 4 rings (SSSR count). The lowest BCUT2D eigenvalue weighted by Crippen LogP contribution is -2.11. The van der Waals surface area contributed by atoms with Crippen molar-refractivity contribution in [1.29, 1.82) is 0 Å². The molecule has 0 amide bonds. The van der Waals surface area contributed by atoms with Crippen LogP contribution in [0.1, 0.15) is 11.5 Å². The van der Waals surface area contributed by atoms with Crippen molar-refractivity contribution >= 4 is 23.1 Å². The lowest BCUT2D eigenvalue weighted by Gasteiger charge is -2.02. The summed E-state index contributed by atoms with van der Waals surface area (Å²) in [5.41, 5.74) is 2.68. The number of hydrogen-bond acceptors (Lipinski definition) is 8. The minimum absolute atomic E-state index is 0.584. The molecule has 25 heavy (non-hydrogen) atoms. The minimum atomic E-state index is 0.584. The number of hydrogen-bond donors (Lipinski definition) is 1. The molecule has 0 saturated carbocycles. The van der Waals surface area contributed by atoms with Crippen LogP contribution in [0, 0.1) is 6.92 Å². The summed E-state index contributed by atoms with van der Waals surface area (Å²) in [6.07, 6.45) is 3.38. The quantitative estimate of drug-likeness (QED) is 0.425. The van der Waals surface area contributed by atoms with E-state index < -0.39 is 0 Å². The fraction of sp³-hybridized carbons (Fsp3) is 0.125. The summed E-state index contributed by atoms with van der Waals surface area (Å²) in [5.74, 6) is 8.12. The van der Waals surface area contributed by atoms with Gasteiger partial charge in [0.1, 0.15) is 10.8 Å². The molecule has 0 unspecified atom stereocenters. The van der Waals surface area contributed by atoms with Gasteiger partial charge in [-0.25, -0.2) is 9.66 Å². The highest BCUT2D eigenvalue weighted by molar-refractivity contribution is 7.98. The van der Waals surface area contributed by atoms with Gasteiger partial charge in [-0.3, -0.25) is 4.98 Å². The third-order valence-electron chi connectivity index (χ3n) is 3.55. The lowest BCUT2D eigenvalue weighted by molar-refractivity contribution is 0.535. The van der Waals surface area contributed by atoms with E-state index in [1.165, 1.54) is 16.4 Å². The summed E-state index contributed by atoms with van der Waals surface area (Å²) in [6.45, 7) is 1.87. The van der Waals surface area contributed by atoms with Crippen molar-refractivity contribution in [1.82, 2.24) is 24.8 Å². The first-order chi connectivity index (χ1) is 12.2. The Bertz CT molecular complexity index is 991. The summed E-state index contributed by atoms with van der Waals surface area (Å²) >= 11 is 3.06. The first kappa shape index (κ1) is 15.9. The molecule has 4 aromatic rings. The maximum absolute atomic E-state index is 6.13. The van der Waals surface area contributed by atoms with E-state index in [1.54, 1.807) is 23.8 Å². The second kappa shape index (κ2) is 6.69. The van der Waals surface area contributed by atoms with Crippen LogP contribution in [0.5, 0.6) is 0 Å². The van der Waals surface area contributed by atoms with Gasteiger partial charge in [-0.15, -0.1) is 21.5 Å². The molecule has 126 valence electrons. The molecule has 0 spiro atoms. The first-order valence-electron chi connectivity index (χ1n) is 7.46. The number of thioether (sulfide) groups is 1. The maximum Gasteiger partial charge on any atom is 0.210 e. The van der Waals surface area contributed by atoms with Crippen LogP contribution >= 0.6 is 23.1 Å². The smallest absolute Gasteiger partial charge is 0.210 e. The van der Waals surface area contributed by atoms with Crippen LogP contribution in [0.3, 0.4) is 0 Å². The predicted molar refractivity (Wildman–Crippen MR) is 97.5 cm³/mol. The molecule has 2 N–H and O–H groups in total. The summed E-state index contributed by atoms with van der Waals surface area (Å²) in [4.78, 5) is 8.94. The topological polar surface area (TPSA) is 95.6 Å². The van der Waals surface area contributed by atoms with Gasteiger partial charge in [0.2, 0.25) is 5.16 Å². The van der Waals surface area contributed by atoms with Crippen molar-refractivity contribution in [2.24, 2.45) is 0 Å². The van der Waals surface area contributed by atoms with E-state index >= 15 is 0 Å². The Morgan fingerprint density at radius 3 is 2.96 bits per heavy atom. The third-order valence-corrected chi connectivity index (χ3v) is 5.44. The van der Waals surface area contributed by atoms with Crippen LogP contribution in [-0.2, 0) is 5.75 Å². The van der Waals surface area contributed by atoms with Crippen molar-refractivity contribution in [2.45, 2.75) is 17.8 Å². The van der Waals surface area contributed by atoms with Gasteiger partial charge in [-0.2, -0.15) is 0 Å². The Kier molecular flexibility index (Phi) is 4.24. The largest absolute Gasteiger partial charge is 0.469 e. The number of aromatic nitrogens is 5. The standard InChI is InChI=1S/C16H14N6OS2/c1-10-12(5-7-23-10)14-20-21-16(22(14)17)25-9-11-8-24-15(19-11)13-4-2-3-6-18-13/h2-8H,9,17H2,1H3. The van der Waals surface area contributed by atoms with Crippen LogP contribution in [0.25, 0.3) is 22.1 Å². The van der Waals surface area contributed by atoms with E-state index in [-0.39, 0.29) is 0 Å². The highest BCUT2D eigenvalue weighted by Gasteiger charge is 2.16. The number of nitrogens with zero attached hydrogens (tertiary/aromatic N) is 5. The van der Waals surface area contributed by atoms with E-state index in [0.29, 0.717) is 16.7 Å². The molecule has 4 heterocycles. The van der Waals surface area contributed by atoms with Gasteiger partial charge in [0.25, 0.3) is 0 Å². The van der Waals surface area contributed by atoms with E-state index in [9.17, 15) is 0 Å². The Morgan fingerprint density at radius 2 is 2.20 bits per heavy atom. The Labute approximate surface area is 151 Å². The second-order valence-corrected chi connectivity index (χ2v) is 7.01. The number of nitrogen functional groups attached to an aromatic ring is 1. The molecule has 0 aliphatic rings. The van der Waals surface area contributed by atoms with Gasteiger partial charge < -0.3 is 10.3 Å². The second-order valence-electron chi connectivity index (χ2n) is 5.21. The van der Waals surface area contributed by atoms with Gasteiger partial charge in [0.15, 0.2) is 5.82 Å². The molecule has 0 saturated heterocycles. The SMILES string of the molecule is Cc1occc1-c1nnc(SCc2csc(-c3ccccn3)n2)n1N. The number of rotatable bonds is 5.